The quantitative estimate of drug-likeness (QED) is 0.737. The molecule has 0 aromatic rings. The molecule has 3 heteroatoms. The summed E-state index contributed by atoms with van der Waals surface area (Å²) in [7, 11) is 0. The van der Waals surface area contributed by atoms with E-state index in [0.29, 0.717) is 6.04 Å². The Morgan fingerprint density at radius 1 is 1.62 bits per heavy atom. The van der Waals surface area contributed by atoms with E-state index in [2.05, 4.69) is 18.5 Å². The van der Waals surface area contributed by atoms with Crippen molar-refractivity contribution < 1.29 is 4.74 Å². The Labute approximate surface area is 85.8 Å². The van der Waals surface area contributed by atoms with Gasteiger partial charge in [-0.1, -0.05) is 6.92 Å². The molecule has 2 unspecified atom stereocenters. The van der Waals surface area contributed by atoms with E-state index in [9.17, 15) is 0 Å². The summed E-state index contributed by atoms with van der Waals surface area (Å²) in [5.74, 6) is 0. The molecule has 1 aliphatic heterocycles. The van der Waals surface area contributed by atoms with Crippen molar-refractivity contribution in [2.24, 2.45) is 0 Å². The summed E-state index contributed by atoms with van der Waals surface area (Å²) in [6.07, 6.45) is 5.94. The Morgan fingerprint density at radius 2 is 2.46 bits per heavy atom. The minimum absolute atomic E-state index is 0.614. The van der Waals surface area contributed by atoms with Crippen LogP contribution in [0.5, 0.6) is 0 Å². The van der Waals surface area contributed by atoms with Crippen LogP contribution in [-0.4, -0.2) is 37.3 Å². The van der Waals surface area contributed by atoms with E-state index in [1.165, 1.54) is 19.3 Å². The van der Waals surface area contributed by atoms with Gasteiger partial charge in [0.1, 0.15) is 0 Å². The van der Waals surface area contributed by atoms with Gasteiger partial charge < -0.3 is 10.1 Å². The summed E-state index contributed by atoms with van der Waals surface area (Å²) in [5, 5.41) is 4.32. The zero-order chi connectivity index (χ0) is 9.52. The van der Waals surface area contributed by atoms with Crippen molar-refractivity contribution in [3.05, 3.63) is 0 Å². The zero-order valence-electron chi connectivity index (χ0n) is 8.71. The fourth-order valence-corrected chi connectivity index (χ4v) is 1.86. The fourth-order valence-electron chi connectivity index (χ4n) is 1.51. The lowest BCUT2D eigenvalue weighted by atomic mass is 10.1. The second kappa shape index (κ2) is 6.68. The minimum atomic E-state index is 0.614. The van der Waals surface area contributed by atoms with Gasteiger partial charge in [-0.25, -0.2) is 0 Å². The van der Waals surface area contributed by atoms with E-state index >= 15 is 0 Å². The molecule has 0 aromatic carbocycles. The number of hydrogen-bond donors (Lipinski definition) is 1. The first-order valence-electron chi connectivity index (χ1n) is 5.17. The maximum absolute atomic E-state index is 5.40. The van der Waals surface area contributed by atoms with E-state index < -0.39 is 0 Å². The van der Waals surface area contributed by atoms with E-state index in [0.717, 1.165) is 25.0 Å². The first-order valence-corrected chi connectivity index (χ1v) is 6.45. The average Bonchev–Trinajstić information content (AvgIpc) is 2.19. The van der Waals surface area contributed by atoms with Crippen LogP contribution in [0.2, 0.25) is 0 Å². The molecule has 1 saturated heterocycles. The Morgan fingerprint density at radius 3 is 3.08 bits per heavy atom. The van der Waals surface area contributed by atoms with E-state index in [-0.39, 0.29) is 0 Å². The Bertz CT molecular complexity index is 126. The molecule has 0 amide bonds. The molecule has 0 bridgehead atoms. The molecule has 1 fully saturated rings. The standard InChI is InChI=1S/C10H21NOS/c1-9(13-2)5-6-11-10-4-3-7-12-8-10/h9-11H,3-8H2,1-2H3. The molecular weight excluding hydrogens is 182 g/mol. The van der Waals surface area contributed by atoms with E-state index in [4.69, 9.17) is 4.74 Å². The van der Waals surface area contributed by atoms with Gasteiger partial charge in [0.05, 0.1) is 6.61 Å². The second-order valence-electron chi connectivity index (χ2n) is 3.70. The molecule has 0 aliphatic carbocycles. The highest BCUT2D eigenvalue weighted by Crippen LogP contribution is 2.09. The molecule has 2 atom stereocenters. The highest BCUT2D eigenvalue weighted by atomic mass is 32.2. The number of thioether (sulfide) groups is 1. The lowest BCUT2D eigenvalue weighted by Crippen LogP contribution is -2.37. The van der Waals surface area contributed by atoms with Crippen LogP contribution in [-0.2, 0) is 4.74 Å². The van der Waals surface area contributed by atoms with Gasteiger partial charge in [0.15, 0.2) is 0 Å². The number of ether oxygens (including phenoxy) is 1. The first kappa shape index (κ1) is 11.3. The molecule has 0 spiro atoms. The molecule has 0 aromatic heterocycles. The van der Waals surface area contributed by atoms with Gasteiger partial charge in [-0.2, -0.15) is 11.8 Å². The zero-order valence-corrected chi connectivity index (χ0v) is 9.53. The highest BCUT2D eigenvalue weighted by Gasteiger charge is 2.12. The SMILES string of the molecule is CSC(C)CCNC1CCCOC1. The molecular formula is C10H21NOS. The maximum Gasteiger partial charge on any atom is 0.0619 e. The molecule has 78 valence electrons. The van der Waals surface area contributed by atoms with E-state index in [1.54, 1.807) is 0 Å². The largest absolute Gasteiger partial charge is 0.380 e. The average molecular weight is 203 g/mol. The molecule has 1 aliphatic rings. The van der Waals surface area contributed by atoms with Crippen LogP contribution in [0.15, 0.2) is 0 Å². The summed E-state index contributed by atoms with van der Waals surface area (Å²) in [4.78, 5) is 0. The summed E-state index contributed by atoms with van der Waals surface area (Å²) < 4.78 is 5.40. The third-order valence-electron chi connectivity index (χ3n) is 2.55. The fraction of sp³-hybridized carbons (Fsp3) is 1.00. The monoisotopic (exact) mass is 203 g/mol. The van der Waals surface area contributed by atoms with Crippen LogP contribution in [0.3, 0.4) is 0 Å². The minimum Gasteiger partial charge on any atom is -0.380 e. The van der Waals surface area contributed by atoms with Crippen molar-refractivity contribution in [3.63, 3.8) is 0 Å². The first-order chi connectivity index (χ1) is 6.33. The van der Waals surface area contributed by atoms with Crippen molar-refractivity contribution in [2.45, 2.75) is 37.5 Å². The second-order valence-corrected chi connectivity index (χ2v) is 4.98. The number of hydrogen-bond acceptors (Lipinski definition) is 3. The van der Waals surface area contributed by atoms with Crippen molar-refractivity contribution in [3.8, 4) is 0 Å². The van der Waals surface area contributed by atoms with Crippen LogP contribution in [0, 0.1) is 0 Å². The predicted octanol–water partition coefficient (Wildman–Crippen LogP) is 1.90. The van der Waals surface area contributed by atoms with Gasteiger partial charge in [0.25, 0.3) is 0 Å². The number of nitrogens with one attached hydrogen (secondary N) is 1. The van der Waals surface area contributed by atoms with Gasteiger partial charge in [-0.05, 0) is 32.1 Å². The normalized spacial score (nSPS) is 25.8. The summed E-state index contributed by atoms with van der Waals surface area (Å²) >= 11 is 1.94. The molecule has 0 saturated carbocycles. The van der Waals surface area contributed by atoms with Crippen molar-refractivity contribution >= 4 is 11.8 Å². The van der Waals surface area contributed by atoms with Crippen LogP contribution in [0.25, 0.3) is 0 Å². The lowest BCUT2D eigenvalue weighted by Gasteiger charge is -2.23. The summed E-state index contributed by atoms with van der Waals surface area (Å²) in [6.45, 7) is 5.28. The van der Waals surface area contributed by atoms with E-state index in [1.807, 2.05) is 11.8 Å². The molecule has 13 heavy (non-hydrogen) atoms. The number of rotatable bonds is 5. The van der Waals surface area contributed by atoms with Crippen molar-refractivity contribution in [2.75, 3.05) is 26.0 Å². The molecule has 1 rings (SSSR count). The third-order valence-corrected chi connectivity index (χ3v) is 3.59. The van der Waals surface area contributed by atoms with Crippen molar-refractivity contribution in [1.82, 2.24) is 5.32 Å². The Balaban J connectivity index is 1.98. The smallest absolute Gasteiger partial charge is 0.0619 e. The van der Waals surface area contributed by atoms with Crippen LogP contribution >= 0.6 is 11.8 Å². The van der Waals surface area contributed by atoms with Gasteiger partial charge >= 0.3 is 0 Å². The maximum atomic E-state index is 5.40. The van der Waals surface area contributed by atoms with Crippen LogP contribution in [0.1, 0.15) is 26.2 Å². The topological polar surface area (TPSA) is 21.3 Å². The summed E-state index contributed by atoms with van der Waals surface area (Å²) in [5.41, 5.74) is 0. The summed E-state index contributed by atoms with van der Waals surface area (Å²) in [6, 6.07) is 0.614. The molecule has 2 nitrogen and oxygen atoms in total. The van der Waals surface area contributed by atoms with Crippen LogP contribution in [0.4, 0.5) is 0 Å². The highest BCUT2D eigenvalue weighted by molar-refractivity contribution is 7.99. The van der Waals surface area contributed by atoms with Crippen molar-refractivity contribution in [1.29, 1.82) is 0 Å². The third kappa shape index (κ3) is 4.89. The Hall–Kier alpha value is 0.270. The van der Waals surface area contributed by atoms with Crippen LogP contribution < -0.4 is 5.32 Å². The molecule has 0 radical (unpaired) electrons. The molecule has 1 heterocycles. The van der Waals surface area contributed by atoms with Gasteiger partial charge in [-0.3, -0.25) is 0 Å². The Kier molecular flexibility index (Phi) is 5.83. The predicted molar refractivity (Wildman–Crippen MR) is 59.4 cm³/mol. The van der Waals surface area contributed by atoms with Gasteiger partial charge in [0, 0.05) is 17.9 Å². The van der Waals surface area contributed by atoms with Gasteiger partial charge in [0.2, 0.25) is 0 Å². The lowest BCUT2D eigenvalue weighted by molar-refractivity contribution is 0.0705. The van der Waals surface area contributed by atoms with Gasteiger partial charge in [-0.15, -0.1) is 0 Å². The molecule has 1 N–H and O–H groups in total.